The highest BCUT2D eigenvalue weighted by Gasteiger charge is 2.54. The molecule has 0 amide bonds. The van der Waals surface area contributed by atoms with Gasteiger partial charge in [0.2, 0.25) is 0 Å². The fraction of sp³-hybridized carbons (Fsp3) is 0.629. The number of fused-ring (bicyclic) bond motifs is 3. The van der Waals surface area contributed by atoms with Crippen LogP contribution in [-0.2, 0) is 27.4 Å². The summed E-state index contributed by atoms with van der Waals surface area (Å²) >= 11 is 12.7. The van der Waals surface area contributed by atoms with Crippen molar-refractivity contribution in [2.75, 3.05) is 25.0 Å². The Bertz CT molecular complexity index is 1750. The molecule has 1 saturated heterocycles. The van der Waals surface area contributed by atoms with Gasteiger partial charge in [0.05, 0.1) is 38.6 Å². The van der Waals surface area contributed by atoms with Gasteiger partial charge in [0.15, 0.2) is 5.79 Å². The van der Waals surface area contributed by atoms with Crippen molar-refractivity contribution in [2.24, 2.45) is 5.92 Å². The molecule has 4 atom stereocenters. The third kappa shape index (κ3) is 7.57. The average Bonchev–Trinajstić information content (AvgIpc) is 3.33. The number of anilines is 1. The molecule has 2 N–H and O–H groups in total. The highest BCUT2D eigenvalue weighted by Crippen LogP contribution is 2.47. The van der Waals surface area contributed by atoms with Gasteiger partial charge in [-0.1, -0.05) is 42.8 Å². The second-order valence-corrected chi connectivity index (χ2v) is 21.9. The normalized spacial score (nSPS) is 23.8. The molecule has 260 valence electrons. The Morgan fingerprint density at radius 3 is 2.65 bits per heavy atom. The summed E-state index contributed by atoms with van der Waals surface area (Å²) in [4.78, 5) is 14.2. The largest absolute Gasteiger partial charge is 0.367 e. The van der Waals surface area contributed by atoms with Gasteiger partial charge >= 0.3 is 0 Å². The third-order valence-electron chi connectivity index (χ3n) is 9.83. The quantitative estimate of drug-likeness (QED) is 0.0957. The number of imidazole rings is 1. The molecule has 0 radical (unpaired) electrons. The Morgan fingerprint density at radius 1 is 1.06 bits per heavy atom. The Balaban J connectivity index is 0.957. The lowest BCUT2D eigenvalue weighted by Crippen LogP contribution is -2.33. The maximum Gasteiger partial charge on any atom is 0.163 e. The van der Waals surface area contributed by atoms with Crippen LogP contribution in [0.5, 0.6) is 0 Å². The van der Waals surface area contributed by atoms with E-state index in [1.54, 1.807) is 6.33 Å². The molecule has 4 heterocycles. The van der Waals surface area contributed by atoms with Crippen molar-refractivity contribution in [1.29, 1.82) is 0 Å². The molecule has 4 unspecified atom stereocenters. The second-order valence-electron chi connectivity index (χ2n) is 15.4. The number of benzene rings is 1. The van der Waals surface area contributed by atoms with E-state index in [1.807, 2.05) is 26.0 Å². The number of ether oxygens (including phenoxy) is 3. The van der Waals surface area contributed by atoms with E-state index in [2.05, 4.69) is 56.7 Å². The summed E-state index contributed by atoms with van der Waals surface area (Å²) in [6.45, 7) is 14.2. The van der Waals surface area contributed by atoms with Crippen LogP contribution < -0.4 is 10.6 Å². The summed E-state index contributed by atoms with van der Waals surface area (Å²) in [7, 11) is -1.17. The van der Waals surface area contributed by atoms with E-state index in [1.165, 1.54) is 12.8 Å². The standard InChI is InChI=1S/C35H49Cl2N7O3Si/c1-35(2)46-31-22(16-29(32(31)47-35)43-13-11-24-33(41-23-9-10-23)39-20-40-34(24)43)19-38-12-7-6-8-30-42-27-17-25(36)26(37)18-28(27)44(30)21-45-14-15-48(3,4)5/h11,13,17-18,20,22-23,29,31-32,38H,6-10,12,14-16,19,21H2,1-5H3,(H,39,40,41). The molecule has 0 bridgehead atoms. The van der Waals surface area contributed by atoms with Crippen molar-refractivity contribution >= 4 is 59.2 Å². The number of unbranched alkanes of at least 4 members (excludes halogenated alkanes) is 1. The van der Waals surface area contributed by atoms with E-state index < -0.39 is 13.9 Å². The molecule has 7 rings (SSSR count). The minimum absolute atomic E-state index is 0.0276. The summed E-state index contributed by atoms with van der Waals surface area (Å²) in [5.74, 6) is 1.66. The number of halogens is 2. The first kappa shape index (κ1) is 34.2. The van der Waals surface area contributed by atoms with Crippen LogP contribution >= 0.6 is 23.2 Å². The SMILES string of the molecule is CC1(C)OC2C(CNCCCCc3nc4cc(Cl)c(Cl)cc4n3COCC[Si](C)(C)C)CC(n3ccc4c(NC5CC5)ncnc43)C2O1. The molecule has 4 aromatic rings. The molecule has 2 saturated carbocycles. The zero-order valence-corrected chi connectivity index (χ0v) is 31.3. The highest BCUT2D eigenvalue weighted by atomic mass is 35.5. The number of aryl methyl sites for hydroxylation is 1. The molecule has 1 aliphatic heterocycles. The summed E-state index contributed by atoms with van der Waals surface area (Å²) in [6.07, 6.45) is 10.1. The molecule has 3 aliphatic rings. The van der Waals surface area contributed by atoms with E-state index in [0.717, 1.165) is 85.1 Å². The van der Waals surface area contributed by atoms with Crippen LogP contribution in [0.25, 0.3) is 22.1 Å². The van der Waals surface area contributed by atoms with E-state index >= 15 is 0 Å². The zero-order valence-electron chi connectivity index (χ0n) is 28.8. The predicted molar refractivity (Wildman–Crippen MR) is 195 cm³/mol. The molecule has 10 nitrogen and oxygen atoms in total. The second kappa shape index (κ2) is 13.8. The van der Waals surface area contributed by atoms with Crippen LogP contribution in [0, 0.1) is 5.92 Å². The minimum Gasteiger partial charge on any atom is -0.367 e. The minimum atomic E-state index is -1.17. The van der Waals surface area contributed by atoms with Crippen LogP contribution in [-0.4, -0.2) is 75.9 Å². The smallest absolute Gasteiger partial charge is 0.163 e. The van der Waals surface area contributed by atoms with Crippen LogP contribution in [0.4, 0.5) is 5.82 Å². The maximum absolute atomic E-state index is 6.53. The average molecular weight is 715 g/mol. The van der Waals surface area contributed by atoms with Gasteiger partial charge in [-0.05, 0) is 76.7 Å². The Morgan fingerprint density at radius 2 is 1.85 bits per heavy atom. The molecule has 48 heavy (non-hydrogen) atoms. The third-order valence-corrected chi connectivity index (χ3v) is 12.3. The van der Waals surface area contributed by atoms with E-state index in [0.29, 0.717) is 28.7 Å². The number of hydrogen-bond donors (Lipinski definition) is 2. The summed E-state index contributed by atoms with van der Waals surface area (Å²) in [6, 6.07) is 7.70. The van der Waals surface area contributed by atoms with E-state index in [-0.39, 0.29) is 18.2 Å². The Labute approximate surface area is 294 Å². The van der Waals surface area contributed by atoms with Gasteiger partial charge in [-0.25, -0.2) is 15.0 Å². The monoisotopic (exact) mass is 713 g/mol. The molecule has 1 aromatic carbocycles. The van der Waals surface area contributed by atoms with Gasteiger partial charge < -0.3 is 34.0 Å². The molecule has 2 aliphatic carbocycles. The maximum atomic E-state index is 6.53. The van der Waals surface area contributed by atoms with E-state index in [9.17, 15) is 0 Å². The van der Waals surface area contributed by atoms with Crippen molar-refractivity contribution < 1.29 is 14.2 Å². The molecule has 3 aromatic heterocycles. The lowest BCUT2D eigenvalue weighted by molar-refractivity contribution is -0.160. The Kier molecular flexibility index (Phi) is 9.84. The van der Waals surface area contributed by atoms with Crippen LogP contribution in [0.2, 0.25) is 35.7 Å². The lowest BCUT2D eigenvalue weighted by atomic mass is 10.1. The van der Waals surface area contributed by atoms with Crippen molar-refractivity contribution in [3.63, 3.8) is 0 Å². The van der Waals surface area contributed by atoms with Crippen LogP contribution in [0.3, 0.4) is 0 Å². The number of hydrogen-bond acceptors (Lipinski definition) is 8. The van der Waals surface area contributed by atoms with Gasteiger partial charge in [0, 0.05) is 45.8 Å². The van der Waals surface area contributed by atoms with Gasteiger partial charge in [0.1, 0.15) is 36.5 Å². The van der Waals surface area contributed by atoms with Crippen molar-refractivity contribution in [2.45, 2.75) is 115 Å². The summed E-state index contributed by atoms with van der Waals surface area (Å²) < 4.78 is 23.6. The summed E-state index contributed by atoms with van der Waals surface area (Å²) in [5, 5.41) is 9.43. The van der Waals surface area contributed by atoms with Crippen molar-refractivity contribution in [1.82, 2.24) is 29.4 Å². The molecular weight excluding hydrogens is 665 g/mol. The van der Waals surface area contributed by atoms with Gasteiger partial charge in [-0.3, -0.25) is 0 Å². The molecule has 13 heteroatoms. The predicted octanol–water partition coefficient (Wildman–Crippen LogP) is 7.67. The fourth-order valence-corrected chi connectivity index (χ4v) is 8.24. The topological polar surface area (TPSA) is 100 Å². The van der Waals surface area contributed by atoms with Gasteiger partial charge in [-0.2, -0.15) is 0 Å². The first-order chi connectivity index (χ1) is 23.0. The van der Waals surface area contributed by atoms with Crippen molar-refractivity contribution in [3.05, 3.63) is 46.6 Å². The molecule has 0 spiro atoms. The van der Waals surface area contributed by atoms with E-state index in [4.69, 9.17) is 47.4 Å². The number of nitrogens with one attached hydrogen (secondary N) is 2. The fourth-order valence-electron chi connectivity index (χ4n) is 7.16. The van der Waals surface area contributed by atoms with Gasteiger partial charge in [0.25, 0.3) is 0 Å². The lowest BCUT2D eigenvalue weighted by Gasteiger charge is -2.24. The van der Waals surface area contributed by atoms with Crippen LogP contribution in [0.1, 0.15) is 57.8 Å². The number of nitrogens with zero attached hydrogens (tertiary/aromatic N) is 5. The number of aromatic nitrogens is 5. The Hall–Kier alpha value is -2.25. The highest BCUT2D eigenvalue weighted by molar-refractivity contribution is 6.76. The van der Waals surface area contributed by atoms with Crippen molar-refractivity contribution in [3.8, 4) is 0 Å². The first-order valence-corrected chi connectivity index (χ1v) is 22.0. The zero-order chi connectivity index (χ0) is 33.6. The summed E-state index contributed by atoms with van der Waals surface area (Å²) in [5.41, 5.74) is 2.78. The van der Waals surface area contributed by atoms with Gasteiger partial charge in [-0.15, -0.1) is 0 Å². The molecular formula is C35H49Cl2N7O3Si. The van der Waals surface area contributed by atoms with Crippen LogP contribution in [0.15, 0.2) is 30.7 Å². The number of rotatable bonds is 15. The first-order valence-electron chi connectivity index (χ1n) is 17.5. The molecule has 3 fully saturated rings.